The van der Waals surface area contributed by atoms with Crippen LogP contribution in [0.25, 0.3) is 0 Å². The van der Waals surface area contributed by atoms with Crippen LogP contribution in [0.4, 0.5) is 0 Å². The molecule has 0 N–H and O–H groups in total. The third kappa shape index (κ3) is 2.52. The molecule has 2 heterocycles. The van der Waals surface area contributed by atoms with Gasteiger partial charge in [0.2, 0.25) is 0 Å². The number of carbonyl (C=O) groups excluding carboxylic acids is 1. The summed E-state index contributed by atoms with van der Waals surface area (Å²) in [6.45, 7) is 1.89. The normalized spacial score (nSPS) is 29.2. The molecule has 1 aromatic carbocycles. The summed E-state index contributed by atoms with van der Waals surface area (Å²) in [5, 5.41) is 0. The SMILES string of the molecule is COc1cccc([C@H](C)OC(=O)[C@@H]2C[C@H]3CC[C@H]2O3)c1. The first kappa shape index (κ1) is 13.4. The highest BCUT2D eigenvalue weighted by Gasteiger charge is 2.45. The third-order valence-electron chi connectivity index (χ3n) is 4.26. The number of carbonyl (C=O) groups is 1. The molecule has 4 atom stereocenters. The van der Waals surface area contributed by atoms with Crippen LogP contribution < -0.4 is 4.74 Å². The van der Waals surface area contributed by atoms with Crippen molar-refractivity contribution in [2.45, 2.75) is 44.5 Å². The maximum atomic E-state index is 12.2. The van der Waals surface area contributed by atoms with E-state index < -0.39 is 0 Å². The fraction of sp³-hybridized carbons (Fsp3) is 0.562. The highest BCUT2D eigenvalue weighted by Crippen LogP contribution is 2.40. The summed E-state index contributed by atoms with van der Waals surface area (Å²) in [5.41, 5.74) is 0.946. The third-order valence-corrected chi connectivity index (χ3v) is 4.26. The molecule has 20 heavy (non-hydrogen) atoms. The molecule has 0 aromatic heterocycles. The fourth-order valence-electron chi connectivity index (χ4n) is 3.11. The van der Waals surface area contributed by atoms with Crippen LogP contribution in [0.3, 0.4) is 0 Å². The minimum atomic E-state index is -0.267. The molecule has 0 unspecified atom stereocenters. The second-order valence-electron chi connectivity index (χ2n) is 5.57. The summed E-state index contributed by atoms with van der Waals surface area (Å²) in [5.74, 6) is 0.558. The number of rotatable bonds is 4. The predicted molar refractivity (Wildman–Crippen MR) is 73.5 cm³/mol. The van der Waals surface area contributed by atoms with Gasteiger partial charge in [0, 0.05) is 0 Å². The van der Waals surface area contributed by atoms with Crippen LogP contribution in [0, 0.1) is 5.92 Å². The Hall–Kier alpha value is -1.55. The standard InChI is InChI=1S/C16H20O4/c1-10(11-4-3-5-12(8-11)18-2)19-16(17)14-9-13-6-7-15(14)20-13/h3-5,8,10,13-15H,6-7,9H2,1-2H3/t10-,13+,14+,15+/m0/s1. The van der Waals surface area contributed by atoms with Crippen molar-refractivity contribution < 1.29 is 19.0 Å². The van der Waals surface area contributed by atoms with Gasteiger partial charge in [-0.25, -0.2) is 0 Å². The summed E-state index contributed by atoms with van der Waals surface area (Å²) in [4.78, 5) is 12.2. The number of methoxy groups -OCH3 is 1. The van der Waals surface area contributed by atoms with E-state index in [-0.39, 0.29) is 30.2 Å². The van der Waals surface area contributed by atoms with Crippen LogP contribution >= 0.6 is 0 Å². The average molecular weight is 276 g/mol. The Kier molecular flexibility index (Phi) is 3.66. The number of benzene rings is 1. The van der Waals surface area contributed by atoms with Gasteiger partial charge in [-0.15, -0.1) is 0 Å². The van der Waals surface area contributed by atoms with Gasteiger partial charge in [0.15, 0.2) is 0 Å². The molecule has 0 aliphatic carbocycles. The number of hydrogen-bond acceptors (Lipinski definition) is 4. The molecule has 2 bridgehead atoms. The smallest absolute Gasteiger partial charge is 0.312 e. The van der Waals surface area contributed by atoms with Crippen LogP contribution in [0.1, 0.15) is 37.9 Å². The quantitative estimate of drug-likeness (QED) is 0.793. The maximum Gasteiger partial charge on any atom is 0.312 e. The lowest BCUT2D eigenvalue weighted by Crippen LogP contribution is -2.27. The van der Waals surface area contributed by atoms with Gasteiger partial charge in [-0.2, -0.15) is 0 Å². The van der Waals surface area contributed by atoms with E-state index in [9.17, 15) is 4.79 Å². The second-order valence-corrected chi connectivity index (χ2v) is 5.57. The molecule has 2 aliphatic heterocycles. The zero-order valence-electron chi connectivity index (χ0n) is 11.9. The lowest BCUT2D eigenvalue weighted by atomic mass is 9.89. The molecule has 0 spiro atoms. The Bertz CT molecular complexity index is 499. The van der Waals surface area contributed by atoms with E-state index in [1.165, 1.54) is 0 Å². The molecule has 3 rings (SSSR count). The highest BCUT2D eigenvalue weighted by atomic mass is 16.6. The summed E-state index contributed by atoms with van der Waals surface area (Å²) >= 11 is 0. The van der Waals surface area contributed by atoms with Crippen molar-refractivity contribution in [1.82, 2.24) is 0 Å². The van der Waals surface area contributed by atoms with Crippen molar-refractivity contribution in [2.75, 3.05) is 7.11 Å². The molecular weight excluding hydrogens is 256 g/mol. The van der Waals surface area contributed by atoms with Gasteiger partial charge < -0.3 is 14.2 Å². The lowest BCUT2D eigenvalue weighted by molar-refractivity contribution is -0.155. The maximum absolute atomic E-state index is 12.2. The minimum absolute atomic E-state index is 0.0741. The van der Waals surface area contributed by atoms with Crippen LogP contribution in [0.15, 0.2) is 24.3 Å². The summed E-state index contributed by atoms with van der Waals surface area (Å²) in [7, 11) is 1.63. The molecule has 0 amide bonds. The van der Waals surface area contributed by atoms with Gasteiger partial charge in [0.1, 0.15) is 11.9 Å². The monoisotopic (exact) mass is 276 g/mol. The van der Waals surface area contributed by atoms with Gasteiger partial charge in [-0.05, 0) is 43.9 Å². The van der Waals surface area contributed by atoms with E-state index in [1.54, 1.807) is 7.11 Å². The van der Waals surface area contributed by atoms with E-state index in [0.29, 0.717) is 0 Å². The van der Waals surface area contributed by atoms with Crippen LogP contribution in [0.2, 0.25) is 0 Å². The van der Waals surface area contributed by atoms with Crippen molar-refractivity contribution in [3.05, 3.63) is 29.8 Å². The first-order valence-electron chi connectivity index (χ1n) is 7.17. The molecule has 4 heteroatoms. The molecule has 108 valence electrons. The van der Waals surface area contributed by atoms with Gasteiger partial charge in [0.25, 0.3) is 0 Å². The number of esters is 1. The molecule has 0 saturated carbocycles. The predicted octanol–water partition coefficient (Wildman–Crippen LogP) is 2.87. The summed E-state index contributed by atoms with van der Waals surface area (Å²) < 4.78 is 16.5. The van der Waals surface area contributed by atoms with E-state index in [0.717, 1.165) is 30.6 Å². The number of hydrogen-bond donors (Lipinski definition) is 0. The minimum Gasteiger partial charge on any atom is -0.497 e. The van der Waals surface area contributed by atoms with E-state index >= 15 is 0 Å². The van der Waals surface area contributed by atoms with E-state index in [2.05, 4.69) is 0 Å². The molecule has 4 nitrogen and oxygen atoms in total. The zero-order chi connectivity index (χ0) is 14.1. The van der Waals surface area contributed by atoms with Gasteiger partial charge in [0.05, 0.1) is 25.2 Å². The van der Waals surface area contributed by atoms with Crippen LogP contribution in [-0.2, 0) is 14.3 Å². The van der Waals surface area contributed by atoms with Crippen molar-refractivity contribution in [3.8, 4) is 5.75 Å². The molecule has 2 aliphatic rings. The number of fused-ring (bicyclic) bond motifs is 2. The van der Waals surface area contributed by atoms with Crippen LogP contribution in [0.5, 0.6) is 5.75 Å². The Morgan fingerprint density at radius 1 is 1.40 bits per heavy atom. The summed E-state index contributed by atoms with van der Waals surface area (Å²) in [6.07, 6.45) is 2.96. The van der Waals surface area contributed by atoms with Gasteiger partial charge >= 0.3 is 5.97 Å². The topological polar surface area (TPSA) is 44.8 Å². The Balaban J connectivity index is 1.63. The second kappa shape index (κ2) is 5.44. The van der Waals surface area contributed by atoms with Crippen molar-refractivity contribution in [2.24, 2.45) is 5.92 Å². The van der Waals surface area contributed by atoms with E-state index in [1.807, 2.05) is 31.2 Å². The molecule has 0 radical (unpaired) electrons. The van der Waals surface area contributed by atoms with Crippen molar-refractivity contribution in [1.29, 1.82) is 0 Å². The Morgan fingerprint density at radius 2 is 2.25 bits per heavy atom. The highest BCUT2D eigenvalue weighted by molar-refractivity contribution is 5.74. The first-order chi connectivity index (χ1) is 9.67. The molecule has 2 saturated heterocycles. The lowest BCUT2D eigenvalue weighted by Gasteiger charge is -2.20. The van der Waals surface area contributed by atoms with E-state index in [4.69, 9.17) is 14.2 Å². The van der Waals surface area contributed by atoms with Crippen LogP contribution in [-0.4, -0.2) is 25.3 Å². The first-order valence-corrected chi connectivity index (χ1v) is 7.17. The van der Waals surface area contributed by atoms with Gasteiger partial charge in [-0.1, -0.05) is 12.1 Å². The fourth-order valence-corrected chi connectivity index (χ4v) is 3.11. The zero-order valence-corrected chi connectivity index (χ0v) is 11.9. The van der Waals surface area contributed by atoms with Crippen molar-refractivity contribution in [3.63, 3.8) is 0 Å². The molecule has 2 fully saturated rings. The molecular formula is C16H20O4. The molecule has 1 aromatic rings. The van der Waals surface area contributed by atoms with Gasteiger partial charge in [-0.3, -0.25) is 4.79 Å². The largest absolute Gasteiger partial charge is 0.497 e. The Labute approximate surface area is 119 Å². The Morgan fingerprint density at radius 3 is 2.90 bits per heavy atom. The summed E-state index contributed by atoms with van der Waals surface area (Å²) in [6, 6.07) is 7.62. The van der Waals surface area contributed by atoms with Crippen molar-refractivity contribution >= 4 is 5.97 Å². The average Bonchev–Trinajstić information content (AvgIpc) is 3.10. The number of ether oxygens (including phenoxy) is 3.